The first kappa shape index (κ1) is 48.1. The van der Waals surface area contributed by atoms with Gasteiger partial charge in [-0.1, -0.05) is 37.3 Å². The van der Waals surface area contributed by atoms with Crippen LogP contribution in [0, 0.1) is 29.3 Å². The average molecular weight is 1050 g/mol. The van der Waals surface area contributed by atoms with Gasteiger partial charge in [-0.2, -0.15) is 19.9 Å². The number of ether oxygens (including phenoxy) is 2. The first-order valence-corrected chi connectivity index (χ1v) is 26.7. The molecule has 0 amide bonds. The Morgan fingerprint density at radius 2 is 1.16 bits per heavy atom. The normalized spacial score (nSPS) is 25.3. The molecule has 77 heavy (non-hydrogen) atoms. The molecule has 14 rings (SSSR count). The SMILES string of the molecule is C[C@@H]1CN(C)[C@@H]1COc1nc(N2CC3CCC(C2)N3)c2cnc(-c3[nH]c(=O)cc4cc(C[C@@H]5CN(C)[C@@H]5COc5nc(N6CC7CCC(C6)N7)c6cnc(-c7[nH]c(=O)cc8cccc(F)c78)c(F)c6n5)ccc34)c(F)c2n1. The summed E-state index contributed by atoms with van der Waals surface area (Å²) < 4.78 is 62.4. The standard InChI is InChI=1S/C56H57F3N14O4/c1-27-19-70(2)40(27)25-76-55-66-47-37(53(68-55)72-21-32-8-9-33(22-72)62-32)17-60-51(45(47)58)49-36-12-7-28(13-30(36)16-43(75)64-49)14-31-20-71(3)41(31)26-77-56-67-48-38(54(69-56)73-23-34-10-11-35(24-73)63-34)18-61-52(46(48)59)50-44-29(15-42(74)65-50)5-4-6-39(44)57/h4-7,12-13,15-18,27,31-35,40-41,62-63H,8-11,14,19-26H2,1-3H3,(H,64,75)(H,65,74)/t27-,31-,32?,33?,34?,35?,40-,41-/m1/s1. The maximum absolute atomic E-state index is 17.3. The molecule has 6 aromatic heterocycles. The number of H-pyrrole nitrogens is 2. The monoisotopic (exact) mass is 1050 g/mol. The molecule has 18 nitrogen and oxygen atoms in total. The number of aromatic nitrogens is 8. The van der Waals surface area contributed by atoms with Crippen molar-refractivity contribution in [3.05, 3.63) is 105 Å². The number of fused-ring (bicyclic) bond motifs is 8. The Balaban J connectivity index is 0.749. The molecule has 8 aromatic rings. The van der Waals surface area contributed by atoms with Crippen LogP contribution in [0.25, 0.3) is 66.1 Å². The zero-order valence-electron chi connectivity index (χ0n) is 42.8. The minimum Gasteiger partial charge on any atom is -0.462 e. The Kier molecular flexibility index (Phi) is 11.7. The molecule has 8 atom stereocenters. The second-order valence-electron chi connectivity index (χ2n) is 22.3. The van der Waals surface area contributed by atoms with E-state index in [1.807, 2.05) is 25.2 Å². The van der Waals surface area contributed by atoms with Crippen LogP contribution in [0.3, 0.4) is 0 Å². The highest BCUT2D eigenvalue weighted by Crippen LogP contribution is 2.39. The maximum Gasteiger partial charge on any atom is 0.319 e. The van der Waals surface area contributed by atoms with Gasteiger partial charge in [0.15, 0.2) is 11.6 Å². The van der Waals surface area contributed by atoms with Gasteiger partial charge in [0, 0.05) is 111 Å². The van der Waals surface area contributed by atoms with E-state index in [4.69, 9.17) is 19.4 Å². The van der Waals surface area contributed by atoms with Gasteiger partial charge in [-0.15, -0.1) is 0 Å². The topological polar surface area (TPSA) is 199 Å². The first-order valence-electron chi connectivity index (χ1n) is 26.7. The van der Waals surface area contributed by atoms with Gasteiger partial charge in [-0.25, -0.2) is 13.2 Å². The minimum absolute atomic E-state index is 0.0173. The molecule has 21 heteroatoms. The van der Waals surface area contributed by atoms with E-state index >= 15 is 13.2 Å². The van der Waals surface area contributed by atoms with Crippen molar-refractivity contribution in [2.75, 3.05) is 76.4 Å². The predicted octanol–water partition coefficient (Wildman–Crippen LogP) is 5.56. The van der Waals surface area contributed by atoms with Crippen LogP contribution in [0.1, 0.15) is 38.2 Å². The van der Waals surface area contributed by atoms with Gasteiger partial charge < -0.3 is 39.9 Å². The molecular weight excluding hydrogens is 990 g/mol. The van der Waals surface area contributed by atoms with Gasteiger partial charge in [0.2, 0.25) is 11.1 Å². The highest BCUT2D eigenvalue weighted by molar-refractivity contribution is 5.99. The number of benzene rings is 2. The summed E-state index contributed by atoms with van der Waals surface area (Å²) >= 11 is 0. The molecule has 4 bridgehead atoms. The van der Waals surface area contributed by atoms with Crippen LogP contribution in [0.4, 0.5) is 24.8 Å². The summed E-state index contributed by atoms with van der Waals surface area (Å²) in [7, 11) is 4.07. The molecule has 4 unspecified atom stereocenters. The third kappa shape index (κ3) is 8.48. The zero-order chi connectivity index (χ0) is 52.4. The third-order valence-corrected chi connectivity index (χ3v) is 17.2. The number of halogens is 3. The molecule has 12 heterocycles. The fourth-order valence-corrected chi connectivity index (χ4v) is 13.3. The molecule has 0 aliphatic carbocycles. The van der Waals surface area contributed by atoms with E-state index in [9.17, 15) is 9.59 Å². The Morgan fingerprint density at radius 3 is 1.73 bits per heavy atom. The van der Waals surface area contributed by atoms with Crippen LogP contribution < -0.4 is 41.0 Å². The summed E-state index contributed by atoms with van der Waals surface area (Å²) in [6, 6.07) is 14.3. The van der Waals surface area contributed by atoms with Crippen molar-refractivity contribution < 1.29 is 22.6 Å². The average Bonchev–Trinajstić information content (AvgIpc) is 3.95. The van der Waals surface area contributed by atoms with Crippen molar-refractivity contribution in [3.8, 4) is 34.8 Å². The smallest absolute Gasteiger partial charge is 0.319 e. The van der Waals surface area contributed by atoms with Crippen molar-refractivity contribution in [3.63, 3.8) is 0 Å². The molecule has 6 fully saturated rings. The molecule has 0 radical (unpaired) electrons. The van der Waals surface area contributed by atoms with E-state index in [1.54, 1.807) is 12.3 Å². The molecular formula is C56H57F3N14O4. The fourth-order valence-electron chi connectivity index (χ4n) is 13.3. The highest BCUT2D eigenvalue weighted by Gasteiger charge is 2.39. The number of aromatic amines is 2. The van der Waals surface area contributed by atoms with Crippen LogP contribution in [0.2, 0.25) is 0 Å². The Hall–Kier alpha value is -7.33. The summed E-state index contributed by atoms with van der Waals surface area (Å²) in [6.07, 6.45) is 7.89. The summed E-state index contributed by atoms with van der Waals surface area (Å²) in [5.41, 5.74) is -0.0298. The van der Waals surface area contributed by atoms with Crippen LogP contribution >= 0.6 is 0 Å². The summed E-state index contributed by atoms with van der Waals surface area (Å²) in [5.74, 6) is -0.486. The molecule has 2 aromatic carbocycles. The van der Waals surface area contributed by atoms with Crippen molar-refractivity contribution in [1.29, 1.82) is 0 Å². The van der Waals surface area contributed by atoms with Crippen molar-refractivity contribution in [1.82, 2.24) is 60.3 Å². The van der Waals surface area contributed by atoms with Crippen molar-refractivity contribution in [2.24, 2.45) is 11.8 Å². The molecule has 6 aliphatic heterocycles. The number of nitrogens with zero attached hydrogens (tertiary/aromatic N) is 10. The van der Waals surface area contributed by atoms with E-state index in [2.05, 4.69) is 74.1 Å². The van der Waals surface area contributed by atoms with Crippen LogP contribution in [-0.4, -0.2) is 153 Å². The van der Waals surface area contributed by atoms with Gasteiger partial charge >= 0.3 is 12.0 Å². The second-order valence-corrected chi connectivity index (χ2v) is 22.3. The maximum atomic E-state index is 17.3. The summed E-state index contributed by atoms with van der Waals surface area (Å²) in [6.45, 7) is 7.22. The van der Waals surface area contributed by atoms with Gasteiger partial charge in [0.1, 0.15) is 53.1 Å². The Bertz CT molecular complexity index is 3790. The van der Waals surface area contributed by atoms with Gasteiger partial charge in [0.25, 0.3) is 0 Å². The van der Waals surface area contributed by atoms with E-state index in [0.717, 1.165) is 57.4 Å². The first-order chi connectivity index (χ1) is 37.3. The van der Waals surface area contributed by atoms with Gasteiger partial charge in [0.05, 0.1) is 22.2 Å². The van der Waals surface area contributed by atoms with E-state index in [1.165, 1.54) is 30.5 Å². The van der Waals surface area contributed by atoms with Crippen LogP contribution in [0.15, 0.2) is 70.5 Å². The van der Waals surface area contributed by atoms with E-state index in [0.29, 0.717) is 82.7 Å². The second kappa shape index (κ2) is 18.7. The Morgan fingerprint density at radius 1 is 0.610 bits per heavy atom. The number of likely N-dealkylation sites (tertiary alicyclic amines) is 2. The number of nitrogens with one attached hydrogen (secondary N) is 4. The minimum atomic E-state index is -0.835. The number of piperazine rings is 2. The van der Waals surface area contributed by atoms with Crippen LogP contribution in [0.5, 0.6) is 12.0 Å². The summed E-state index contributed by atoms with van der Waals surface area (Å²) in [4.78, 5) is 68.7. The number of hydrogen-bond acceptors (Lipinski definition) is 16. The number of likely N-dealkylation sites (N-methyl/N-ethyl adjacent to an activating group) is 2. The molecule has 0 spiro atoms. The molecule has 6 saturated heterocycles. The highest BCUT2D eigenvalue weighted by atomic mass is 19.1. The summed E-state index contributed by atoms with van der Waals surface area (Å²) in [5, 5.41) is 9.77. The zero-order valence-corrected chi connectivity index (χ0v) is 42.8. The van der Waals surface area contributed by atoms with Crippen molar-refractivity contribution >= 4 is 55.0 Å². The fraction of sp³-hybridized carbons (Fsp3) is 0.429. The third-order valence-electron chi connectivity index (χ3n) is 17.2. The lowest BCUT2D eigenvalue weighted by atomic mass is 9.84. The lowest BCUT2D eigenvalue weighted by Gasteiger charge is -2.45. The lowest BCUT2D eigenvalue weighted by molar-refractivity contribution is 0.00636. The quantitative estimate of drug-likeness (QED) is 0.119. The van der Waals surface area contributed by atoms with Gasteiger partial charge in [-0.05, 0) is 80.4 Å². The predicted molar refractivity (Wildman–Crippen MR) is 286 cm³/mol. The van der Waals surface area contributed by atoms with E-state index in [-0.39, 0.29) is 87.9 Å². The van der Waals surface area contributed by atoms with E-state index < -0.39 is 28.6 Å². The van der Waals surface area contributed by atoms with Gasteiger partial charge in [-0.3, -0.25) is 29.4 Å². The van der Waals surface area contributed by atoms with Crippen molar-refractivity contribution in [2.45, 2.75) is 75.3 Å². The number of pyridine rings is 4. The molecule has 0 saturated carbocycles. The molecule has 6 aliphatic rings. The lowest BCUT2D eigenvalue weighted by Crippen LogP contribution is -2.57. The number of rotatable bonds is 12. The Labute approximate surface area is 439 Å². The molecule has 396 valence electrons. The number of anilines is 2. The number of hydrogen-bond donors (Lipinski definition) is 4. The molecule has 4 N–H and O–H groups in total. The van der Waals surface area contributed by atoms with Crippen LogP contribution in [-0.2, 0) is 6.42 Å². The largest absolute Gasteiger partial charge is 0.462 e.